The zero-order valence-electron chi connectivity index (χ0n) is 10.4. The number of carbonyl (C=O) groups excluding carboxylic acids is 1. The van der Waals surface area contributed by atoms with Gasteiger partial charge in [0.25, 0.3) is 0 Å². The number of pyridine rings is 1. The van der Waals surface area contributed by atoms with Crippen LogP contribution in [0.3, 0.4) is 0 Å². The number of aromatic nitrogens is 1. The molecule has 4 nitrogen and oxygen atoms in total. The van der Waals surface area contributed by atoms with Crippen molar-refractivity contribution in [1.29, 1.82) is 0 Å². The maximum absolute atomic E-state index is 11.5. The molecule has 17 heavy (non-hydrogen) atoms. The third kappa shape index (κ3) is 3.44. The van der Waals surface area contributed by atoms with E-state index in [1.165, 1.54) is 0 Å². The molecule has 1 aliphatic rings. The molecule has 1 aromatic rings. The van der Waals surface area contributed by atoms with Crippen LogP contribution in [0.1, 0.15) is 38.7 Å². The second-order valence-corrected chi connectivity index (χ2v) is 5.45. The molecule has 0 unspecified atom stereocenters. The lowest BCUT2D eigenvalue weighted by Crippen LogP contribution is -2.41. The van der Waals surface area contributed by atoms with Crippen molar-refractivity contribution in [1.82, 2.24) is 10.3 Å². The molecule has 92 valence electrons. The number of hydrogen-bond acceptors (Lipinski definition) is 3. The van der Waals surface area contributed by atoms with Crippen LogP contribution in [0.25, 0.3) is 0 Å². The van der Waals surface area contributed by atoms with Gasteiger partial charge in [-0.1, -0.05) is 6.07 Å². The highest BCUT2D eigenvalue weighted by Gasteiger charge is 2.42. The molecule has 0 bridgehead atoms. The normalized spacial score (nSPS) is 23.0. The van der Waals surface area contributed by atoms with Crippen molar-refractivity contribution in [3.05, 3.63) is 30.1 Å². The van der Waals surface area contributed by atoms with Crippen LogP contribution in [0, 0.1) is 0 Å². The molecule has 1 aromatic heterocycles. The van der Waals surface area contributed by atoms with Gasteiger partial charge in [-0.25, -0.2) is 4.79 Å². The van der Waals surface area contributed by atoms with Crippen LogP contribution in [-0.2, 0) is 4.74 Å². The Morgan fingerprint density at radius 3 is 2.88 bits per heavy atom. The number of rotatable bonds is 2. The van der Waals surface area contributed by atoms with E-state index in [-0.39, 0.29) is 17.7 Å². The second-order valence-electron chi connectivity index (χ2n) is 5.45. The van der Waals surface area contributed by atoms with Gasteiger partial charge >= 0.3 is 6.09 Å². The van der Waals surface area contributed by atoms with E-state index in [9.17, 15) is 4.79 Å². The molecule has 2 atom stereocenters. The molecule has 0 aromatic carbocycles. The highest BCUT2D eigenvalue weighted by atomic mass is 16.6. The first kappa shape index (κ1) is 11.9. The summed E-state index contributed by atoms with van der Waals surface area (Å²) in [4.78, 5) is 15.6. The summed E-state index contributed by atoms with van der Waals surface area (Å²) in [7, 11) is 0. The van der Waals surface area contributed by atoms with Gasteiger partial charge in [0.05, 0.1) is 0 Å². The fourth-order valence-corrected chi connectivity index (χ4v) is 1.72. The lowest BCUT2D eigenvalue weighted by Gasteiger charge is -2.20. The van der Waals surface area contributed by atoms with Crippen molar-refractivity contribution < 1.29 is 9.53 Å². The van der Waals surface area contributed by atoms with Crippen LogP contribution in [0.5, 0.6) is 0 Å². The summed E-state index contributed by atoms with van der Waals surface area (Å²) in [5.41, 5.74) is 0.886. The average molecular weight is 234 g/mol. The lowest BCUT2D eigenvalue weighted by atomic mass is 10.1. The molecular formula is C13H18N2O2. The van der Waals surface area contributed by atoms with Gasteiger partial charge in [-0.05, 0) is 38.8 Å². The largest absolute Gasteiger partial charge is 0.446 e. The van der Waals surface area contributed by atoms with E-state index in [1.54, 1.807) is 6.20 Å². The van der Waals surface area contributed by atoms with Gasteiger partial charge in [0.15, 0.2) is 0 Å². The minimum Gasteiger partial charge on any atom is -0.446 e. The molecule has 0 radical (unpaired) electrons. The summed E-state index contributed by atoms with van der Waals surface area (Å²) < 4.78 is 5.33. The Labute approximate surface area is 101 Å². The topological polar surface area (TPSA) is 51.2 Å². The summed E-state index contributed by atoms with van der Waals surface area (Å²) >= 11 is 0. The van der Waals surface area contributed by atoms with Gasteiger partial charge in [0, 0.05) is 23.9 Å². The third-order valence-electron chi connectivity index (χ3n) is 2.58. The maximum Gasteiger partial charge on any atom is 0.407 e. The van der Waals surface area contributed by atoms with Crippen molar-refractivity contribution in [3.63, 3.8) is 0 Å². The van der Waals surface area contributed by atoms with Gasteiger partial charge in [-0.2, -0.15) is 0 Å². The highest BCUT2D eigenvalue weighted by Crippen LogP contribution is 2.42. The summed E-state index contributed by atoms with van der Waals surface area (Å²) in [5, 5.41) is 2.79. The first-order chi connectivity index (χ1) is 7.96. The monoisotopic (exact) mass is 234 g/mol. The number of nitrogens with one attached hydrogen (secondary N) is 1. The second kappa shape index (κ2) is 4.35. The molecule has 1 fully saturated rings. The van der Waals surface area contributed by atoms with Crippen LogP contribution in [0.4, 0.5) is 4.79 Å². The number of carbonyl (C=O) groups is 1. The summed E-state index contributed by atoms with van der Waals surface area (Å²) in [5.74, 6) is 0.314. The van der Waals surface area contributed by atoms with Crippen LogP contribution in [-0.4, -0.2) is 22.7 Å². The summed E-state index contributed by atoms with van der Waals surface area (Å²) in [6, 6.07) is 3.92. The molecule has 4 heteroatoms. The molecule has 0 saturated heterocycles. The van der Waals surface area contributed by atoms with E-state index in [0.717, 1.165) is 12.0 Å². The van der Waals surface area contributed by atoms with Crippen molar-refractivity contribution in [2.45, 2.75) is 44.8 Å². The van der Waals surface area contributed by atoms with Crippen molar-refractivity contribution in [2.24, 2.45) is 0 Å². The van der Waals surface area contributed by atoms with Crippen molar-refractivity contribution in [3.8, 4) is 0 Å². The summed E-state index contributed by atoms with van der Waals surface area (Å²) in [6.45, 7) is 5.79. The molecule has 1 aliphatic carbocycles. The van der Waals surface area contributed by atoms with Crippen molar-refractivity contribution in [2.75, 3.05) is 0 Å². The molecule has 0 spiro atoms. The van der Waals surface area contributed by atoms with Gasteiger partial charge in [0.1, 0.15) is 6.10 Å². The van der Waals surface area contributed by atoms with Gasteiger partial charge in [-0.3, -0.25) is 4.98 Å². The van der Waals surface area contributed by atoms with Gasteiger partial charge in [-0.15, -0.1) is 0 Å². The molecule has 2 rings (SSSR count). The Morgan fingerprint density at radius 2 is 2.29 bits per heavy atom. The van der Waals surface area contributed by atoms with E-state index in [4.69, 9.17) is 4.74 Å². The fraction of sp³-hybridized carbons (Fsp3) is 0.538. The quantitative estimate of drug-likeness (QED) is 0.855. The van der Waals surface area contributed by atoms with Gasteiger partial charge in [0.2, 0.25) is 0 Å². The number of nitrogens with zero attached hydrogens (tertiary/aromatic N) is 1. The zero-order chi connectivity index (χ0) is 12.5. The Bertz CT molecular complexity index is 398. The smallest absolute Gasteiger partial charge is 0.407 e. The molecule has 1 amide bonds. The SMILES string of the molecule is CC(C)(C)NC(=O)O[C@@H]1C[C@H]1c1cccnc1. The third-order valence-corrected chi connectivity index (χ3v) is 2.58. The highest BCUT2D eigenvalue weighted by molar-refractivity contribution is 5.68. The van der Waals surface area contributed by atoms with E-state index in [1.807, 2.05) is 39.1 Å². The van der Waals surface area contributed by atoms with E-state index in [2.05, 4.69) is 10.3 Å². The number of alkyl carbamates (subject to hydrolysis) is 1. The predicted octanol–water partition coefficient (Wildman–Crippen LogP) is 2.46. The Balaban J connectivity index is 1.83. The van der Waals surface area contributed by atoms with Crippen LogP contribution in [0.2, 0.25) is 0 Å². The standard InChI is InChI=1S/C13H18N2O2/c1-13(2,3)15-12(16)17-11-7-10(11)9-5-4-6-14-8-9/h4-6,8,10-11H,7H2,1-3H3,(H,15,16)/t10-,11+/m0/s1. The Hall–Kier alpha value is -1.58. The summed E-state index contributed by atoms with van der Waals surface area (Å²) in [6.07, 6.45) is 4.13. The van der Waals surface area contributed by atoms with Crippen LogP contribution < -0.4 is 5.32 Å². The first-order valence-corrected chi connectivity index (χ1v) is 5.84. The van der Waals surface area contributed by atoms with Crippen molar-refractivity contribution >= 4 is 6.09 Å². The van der Waals surface area contributed by atoms with E-state index < -0.39 is 0 Å². The van der Waals surface area contributed by atoms with Crippen LogP contribution in [0.15, 0.2) is 24.5 Å². The number of amides is 1. The molecule has 0 aliphatic heterocycles. The van der Waals surface area contributed by atoms with Crippen LogP contribution >= 0.6 is 0 Å². The number of hydrogen-bond donors (Lipinski definition) is 1. The molecule has 1 heterocycles. The number of ether oxygens (including phenoxy) is 1. The molecule has 1 saturated carbocycles. The average Bonchev–Trinajstić information content (AvgIpc) is 2.95. The minimum absolute atomic E-state index is 0.00144. The molecule has 1 N–H and O–H groups in total. The Kier molecular flexibility index (Phi) is 3.05. The Morgan fingerprint density at radius 1 is 1.53 bits per heavy atom. The minimum atomic E-state index is -0.339. The predicted molar refractivity (Wildman–Crippen MR) is 64.8 cm³/mol. The zero-order valence-corrected chi connectivity index (χ0v) is 10.4. The first-order valence-electron chi connectivity index (χ1n) is 5.84. The van der Waals surface area contributed by atoms with Gasteiger partial charge < -0.3 is 10.1 Å². The maximum atomic E-state index is 11.5. The van der Waals surface area contributed by atoms with E-state index >= 15 is 0 Å². The fourth-order valence-electron chi connectivity index (χ4n) is 1.72. The lowest BCUT2D eigenvalue weighted by molar-refractivity contribution is 0.128. The molecular weight excluding hydrogens is 216 g/mol. The van der Waals surface area contributed by atoms with E-state index in [0.29, 0.717) is 5.92 Å².